The molecule has 0 heterocycles. The van der Waals surface area contributed by atoms with E-state index in [-0.39, 0.29) is 5.97 Å². The number of hydrogen-bond acceptors (Lipinski definition) is 3. The summed E-state index contributed by atoms with van der Waals surface area (Å²) < 4.78 is 5.53. The van der Waals surface area contributed by atoms with Crippen LogP contribution in [-0.2, 0) is 14.3 Å². The average molecular weight is 356 g/mol. The molecule has 1 unspecified atom stereocenters. The monoisotopic (exact) mass is 355 g/mol. The molecule has 0 aliphatic heterocycles. The fraction of sp³-hybridized carbons (Fsp3) is 0.905. The van der Waals surface area contributed by atoms with Gasteiger partial charge in [0.1, 0.15) is 0 Å². The average Bonchev–Trinajstić information content (AvgIpc) is 2.62. The Hall–Kier alpha value is -1.06. The molecule has 0 aliphatic rings. The lowest BCUT2D eigenvalue weighted by molar-refractivity contribution is -0.145. The predicted octanol–water partition coefficient (Wildman–Crippen LogP) is 5.39. The van der Waals surface area contributed by atoms with Crippen molar-refractivity contribution in [3.05, 3.63) is 0 Å². The van der Waals surface area contributed by atoms with Crippen molar-refractivity contribution in [3.63, 3.8) is 0 Å². The van der Waals surface area contributed by atoms with E-state index < -0.39 is 0 Å². The quantitative estimate of drug-likeness (QED) is 0.192. The summed E-state index contributed by atoms with van der Waals surface area (Å²) in [5.74, 6) is 0.517. The van der Waals surface area contributed by atoms with Gasteiger partial charge in [-0.3, -0.25) is 9.59 Å². The molecule has 1 atom stereocenters. The van der Waals surface area contributed by atoms with E-state index in [2.05, 4.69) is 19.2 Å². The Balaban J connectivity index is 3.68. The first-order valence-electron chi connectivity index (χ1n) is 10.6. The largest absolute Gasteiger partial charge is 0.465 e. The molecule has 1 N–H and O–H groups in total. The Labute approximate surface area is 155 Å². The third-order valence-electron chi connectivity index (χ3n) is 4.70. The van der Waals surface area contributed by atoms with Crippen LogP contribution in [0.5, 0.6) is 0 Å². The van der Waals surface area contributed by atoms with Crippen LogP contribution < -0.4 is 5.32 Å². The van der Waals surface area contributed by atoms with E-state index >= 15 is 0 Å². The minimum atomic E-state index is -0.0299. The number of amides is 1. The van der Waals surface area contributed by atoms with Gasteiger partial charge in [-0.1, -0.05) is 71.6 Å². The molecule has 0 rings (SSSR count). The summed E-state index contributed by atoms with van der Waals surface area (Å²) >= 11 is 0. The molecule has 0 radical (unpaired) electrons. The lowest BCUT2D eigenvalue weighted by atomic mass is 9.96. The highest BCUT2D eigenvalue weighted by Crippen LogP contribution is 2.18. The van der Waals surface area contributed by atoms with Gasteiger partial charge in [-0.25, -0.2) is 0 Å². The second-order valence-electron chi connectivity index (χ2n) is 7.13. The van der Waals surface area contributed by atoms with Crippen LogP contribution in [0.15, 0.2) is 0 Å². The topological polar surface area (TPSA) is 55.4 Å². The molecule has 0 aromatic rings. The second-order valence-corrected chi connectivity index (χ2v) is 7.13. The smallest absolute Gasteiger partial charge is 0.305 e. The lowest BCUT2D eigenvalue weighted by Gasteiger charge is -2.16. The van der Waals surface area contributed by atoms with E-state index in [0.717, 1.165) is 45.1 Å². The minimum Gasteiger partial charge on any atom is -0.465 e. The van der Waals surface area contributed by atoms with E-state index in [9.17, 15) is 9.59 Å². The maximum absolute atomic E-state index is 11.9. The molecule has 1 amide bonds. The van der Waals surface area contributed by atoms with E-state index in [1.54, 1.807) is 0 Å². The zero-order valence-electron chi connectivity index (χ0n) is 16.7. The van der Waals surface area contributed by atoms with E-state index in [0.29, 0.717) is 18.9 Å². The van der Waals surface area contributed by atoms with Gasteiger partial charge in [0.25, 0.3) is 0 Å². The molecule has 148 valence electrons. The van der Waals surface area contributed by atoms with Crippen molar-refractivity contribution in [3.8, 4) is 0 Å². The van der Waals surface area contributed by atoms with Gasteiger partial charge in [-0.2, -0.15) is 0 Å². The maximum Gasteiger partial charge on any atom is 0.305 e. The highest BCUT2D eigenvalue weighted by atomic mass is 16.5. The van der Waals surface area contributed by atoms with Gasteiger partial charge in [-0.15, -0.1) is 0 Å². The third-order valence-corrected chi connectivity index (χ3v) is 4.70. The van der Waals surface area contributed by atoms with Crippen LogP contribution in [-0.4, -0.2) is 25.5 Å². The molecule has 0 aromatic carbocycles. The number of carbonyl (C=O) groups is 2. The number of ether oxygens (including phenoxy) is 1. The minimum absolute atomic E-state index is 0.0299. The Bertz CT molecular complexity index is 308. The number of carbonyl (C=O) groups excluding carboxylic acids is 2. The van der Waals surface area contributed by atoms with Gasteiger partial charge < -0.3 is 10.1 Å². The van der Waals surface area contributed by atoms with Crippen LogP contribution in [0.2, 0.25) is 0 Å². The fourth-order valence-electron chi connectivity index (χ4n) is 3.03. The Morgan fingerprint density at radius 1 is 0.880 bits per heavy atom. The number of esters is 1. The first-order valence-corrected chi connectivity index (χ1v) is 10.6. The first-order chi connectivity index (χ1) is 12.2. The molecule has 4 nitrogen and oxygen atoms in total. The van der Waals surface area contributed by atoms with Gasteiger partial charge in [0, 0.05) is 13.0 Å². The normalized spacial score (nSPS) is 11.9. The maximum atomic E-state index is 11.9. The number of hydrogen-bond donors (Lipinski definition) is 1. The highest BCUT2D eigenvalue weighted by Gasteiger charge is 2.11. The fourth-order valence-corrected chi connectivity index (χ4v) is 3.03. The van der Waals surface area contributed by atoms with Crippen molar-refractivity contribution < 1.29 is 14.3 Å². The van der Waals surface area contributed by atoms with Crippen LogP contribution in [0.1, 0.15) is 104 Å². The zero-order valence-corrected chi connectivity index (χ0v) is 16.7. The van der Waals surface area contributed by atoms with E-state index in [1.165, 1.54) is 51.4 Å². The number of unbranched alkanes of at least 4 members (excludes halogenated alkanes) is 8. The van der Waals surface area contributed by atoms with Crippen LogP contribution >= 0.6 is 0 Å². The predicted molar refractivity (Wildman–Crippen MR) is 105 cm³/mol. The van der Waals surface area contributed by atoms with Crippen molar-refractivity contribution >= 4 is 12.4 Å². The number of nitrogens with one attached hydrogen (secondary N) is 1. The van der Waals surface area contributed by atoms with Crippen molar-refractivity contribution in [2.45, 2.75) is 104 Å². The summed E-state index contributed by atoms with van der Waals surface area (Å²) in [4.78, 5) is 22.0. The Kier molecular flexibility index (Phi) is 18.5. The zero-order chi connectivity index (χ0) is 18.6. The van der Waals surface area contributed by atoms with Gasteiger partial charge in [0.15, 0.2) is 0 Å². The molecule has 0 saturated heterocycles. The Morgan fingerprint density at radius 3 is 2.24 bits per heavy atom. The van der Waals surface area contributed by atoms with Crippen molar-refractivity contribution in [1.29, 1.82) is 0 Å². The third kappa shape index (κ3) is 17.6. The summed E-state index contributed by atoms with van der Waals surface area (Å²) in [7, 11) is 0. The first kappa shape index (κ1) is 23.9. The molecule has 0 aromatic heterocycles. The molecule has 0 saturated carbocycles. The molecule has 0 spiro atoms. The van der Waals surface area contributed by atoms with Gasteiger partial charge in [0.05, 0.1) is 6.61 Å². The van der Waals surface area contributed by atoms with E-state index in [4.69, 9.17) is 4.74 Å². The molecule has 0 aliphatic carbocycles. The van der Waals surface area contributed by atoms with Crippen molar-refractivity contribution in [1.82, 2.24) is 5.32 Å². The molecular formula is C21H41NO3. The molecule has 0 fully saturated rings. The van der Waals surface area contributed by atoms with Crippen LogP contribution in [0.25, 0.3) is 0 Å². The molecule has 0 bridgehead atoms. The molecule has 4 heteroatoms. The van der Waals surface area contributed by atoms with Crippen molar-refractivity contribution in [2.75, 3.05) is 13.2 Å². The van der Waals surface area contributed by atoms with Crippen LogP contribution in [0.3, 0.4) is 0 Å². The molecular weight excluding hydrogens is 314 g/mol. The lowest BCUT2D eigenvalue weighted by Crippen LogP contribution is -2.14. The van der Waals surface area contributed by atoms with Crippen molar-refractivity contribution in [2.24, 2.45) is 5.92 Å². The van der Waals surface area contributed by atoms with Gasteiger partial charge >= 0.3 is 5.97 Å². The number of rotatable bonds is 19. The second kappa shape index (κ2) is 19.3. The Morgan fingerprint density at radius 2 is 1.52 bits per heavy atom. The highest BCUT2D eigenvalue weighted by molar-refractivity contribution is 5.69. The SMILES string of the molecule is CCCCCCC(CCCC)COC(=O)CCCCCCCNC=O. The van der Waals surface area contributed by atoms with Crippen LogP contribution in [0, 0.1) is 5.92 Å². The standard InChI is InChI=1S/C21H41NO3/c1-3-5-7-11-15-20(14-6-4-2)18-25-21(24)16-12-9-8-10-13-17-22-19-23/h19-20H,3-18H2,1-2H3,(H,22,23). The summed E-state index contributed by atoms with van der Waals surface area (Å²) in [5, 5.41) is 2.67. The summed E-state index contributed by atoms with van der Waals surface area (Å²) in [6, 6.07) is 0. The molecule has 25 heavy (non-hydrogen) atoms. The summed E-state index contributed by atoms with van der Waals surface area (Å²) in [6.07, 6.45) is 16.5. The summed E-state index contributed by atoms with van der Waals surface area (Å²) in [6.45, 7) is 5.82. The van der Waals surface area contributed by atoms with E-state index in [1.807, 2.05) is 0 Å². The van der Waals surface area contributed by atoms with Gasteiger partial charge in [-0.05, 0) is 31.6 Å². The van der Waals surface area contributed by atoms with Crippen LogP contribution in [0.4, 0.5) is 0 Å². The summed E-state index contributed by atoms with van der Waals surface area (Å²) in [5.41, 5.74) is 0. The van der Waals surface area contributed by atoms with Gasteiger partial charge in [0.2, 0.25) is 6.41 Å².